The number of carbonyl (C=O) groups excluding carboxylic acids is 1. The van der Waals surface area contributed by atoms with Crippen molar-refractivity contribution in [3.63, 3.8) is 0 Å². The van der Waals surface area contributed by atoms with Gasteiger partial charge in [-0.1, -0.05) is 42.5 Å². The van der Waals surface area contributed by atoms with E-state index in [1.165, 1.54) is 21.8 Å². The Bertz CT molecular complexity index is 939. The van der Waals surface area contributed by atoms with Gasteiger partial charge >= 0.3 is 0 Å². The average molecular weight is 418 g/mol. The molecule has 1 N–H and O–H groups in total. The minimum Gasteiger partial charge on any atom is -0.351 e. The molecule has 0 atom stereocenters. The lowest BCUT2D eigenvalue weighted by Crippen LogP contribution is -2.50. The normalized spacial score (nSPS) is 16.2. The van der Waals surface area contributed by atoms with Crippen molar-refractivity contribution >= 4 is 22.0 Å². The van der Waals surface area contributed by atoms with Gasteiger partial charge in [-0.25, -0.2) is 12.8 Å². The number of carbonyl (C=O) groups is 1. The molecule has 0 unspecified atom stereocenters. The zero-order valence-electron chi connectivity index (χ0n) is 16.0. The van der Waals surface area contributed by atoms with Crippen LogP contribution in [0.25, 0.3) is 6.08 Å². The fourth-order valence-corrected chi connectivity index (χ4v) is 4.19. The Morgan fingerprint density at radius 1 is 1.00 bits per heavy atom. The van der Waals surface area contributed by atoms with E-state index in [1.807, 2.05) is 35.2 Å². The molecule has 1 saturated heterocycles. The van der Waals surface area contributed by atoms with Gasteiger partial charge in [0.15, 0.2) is 0 Å². The van der Waals surface area contributed by atoms with Crippen LogP contribution in [0.4, 0.5) is 4.39 Å². The monoisotopic (exact) mass is 417 g/mol. The Kier molecular flexibility index (Phi) is 7.13. The van der Waals surface area contributed by atoms with Gasteiger partial charge in [0.1, 0.15) is 5.82 Å². The molecule has 1 fully saturated rings. The van der Waals surface area contributed by atoms with Crippen LogP contribution in [0, 0.1) is 5.82 Å². The maximum absolute atomic E-state index is 12.9. The van der Waals surface area contributed by atoms with Crippen molar-refractivity contribution in [2.45, 2.75) is 6.54 Å². The van der Waals surface area contributed by atoms with Gasteiger partial charge in [0, 0.05) is 38.1 Å². The fraction of sp³-hybridized carbons (Fsp3) is 0.286. The van der Waals surface area contributed by atoms with Crippen LogP contribution < -0.4 is 5.32 Å². The Balaban J connectivity index is 1.44. The predicted octanol–water partition coefficient (Wildman–Crippen LogP) is 2.06. The Labute approximate surface area is 170 Å². The first-order valence-corrected chi connectivity index (χ1v) is 10.9. The summed E-state index contributed by atoms with van der Waals surface area (Å²) in [4.78, 5) is 14.0. The SMILES string of the molecule is O=C(CN1CCN(S(=O)(=O)C=Cc2ccccc2)CC1)NCc1ccc(F)cc1. The lowest BCUT2D eigenvalue weighted by Gasteiger charge is -2.32. The molecule has 154 valence electrons. The number of halogens is 1. The number of nitrogens with zero attached hydrogens (tertiary/aromatic N) is 2. The van der Waals surface area contributed by atoms with Crippen molar-refractivity contribution in [3.8, 4) is 0 Å². The summed E-state index contributed by atoms with van der Waals surface area (Å²) in [5.74, 6) is -0.457. The van der Waals surface area contributed by atoms with Gasteiger partial charge in [0.2, 0.25) is 15.9 Å². The largest absolute Gasteiger partial charge is 0.351 e. The number of sulfonamides is 1. The molecule has 29 heavy (non-hydrogen) atoms. The van der Waals surface area contributed by atoms with E-state index in [4.69, 9.17) is 0 Å². The summed E-state index contributed by atoms with van der Waals surface area (Å²) >= 11 is 0. The maximum Gasteiger partial charge on any atom is 0.236 e. The molecule has 1 heterocycles. The first-order chi connectivity index (χ1) is 13.9. The summed E-state index contributed by atoms with van der Waals surface area (Å²) in [5.41, 5.74) is 1.65. The van der Waals surface area contributed by atoms with Gasteiger partial charge < -0.3 is 5.32 Å². The molecule has 3 rings (SSSR count). The number of nitrogens with one attached hydrogen (secondary N) is 1. The van der Waals surface area contributed by atoms with Gasteiger partial charge in [-0.2, -0.15) is 4.31 Å². The van der Waals surface area contributed by atoms with Gasteiger partial charge in [-0.3, -0.25) is 9.69 Å². The molecule has 0 radical (unpaired) electrons. The molecule has 0 spiro atoms. The van der Waals surface area contributed by atoms with Crippen molar-refractivity contribution < 1.29 is 17.6 Å². The van der Waals surface area contributed by atoms with E-state index in [0.29, 0.717) is 32.7 Å². The van der Waals surface area contributed by atoms with E-state index in [-0.39, 0.29) is 18.3 Å². The summed E-state index contributed by atoms with van der Waals surface area (Å²) in [6, 6.07) is 15.2. The molecule has 0 aliphatic carbocycles. The number of hydrogen-bond donors (Lipinski definition) is 1. The van der Waals surface area contributed by atoms with Crippen molar-refractivity contribution in [3.05, 3.63) is 76.9 Å². The van der Waals surface area contributed by atoms with Crippen LogP contribution in [0.3, 0.4) is 0 Å². The lowest BCUT2D eigenvalue weighted by molar-refractivity contribution is -0.122. The topological polar surface area (TPSA) is 69.7 Å². The van der Waals surface area contributed by atoms with Crippen molar-refractivity contribution in [1.82, 2.24) is 14.5 Å². The molecule has 8 heteroatoms. The molecule has 0 aromatic heterocycles. The average Bonchev–Trinajstić information content (AvgIpc) is 2.73. The molecule has 2 aromatic carbocycles. The van der Waals surface area contributed by atoms with E-state index in [1.54, 1.807) is 18.2 Å². The van der Waals surface area contributed by atoms with E-state index >= 15 is 0 Å². The van der Waals surface area contributed by atoms with E-state index in [9.17, 15) is 17.6 Å². The van der Waals surface area contributed by atoms with Crippen molar-refractivity contribution in [1.29, 1.82) is 0 Å². The number of hydrogen-bond acceptors (Lipinski definition) is 4. The Morgan fingerprint density at radius 2 is 1.66 bits per heavy atom. The molecule has 0 bridgehead atoms. The number of piperazine rings is 1. The molecular formula is C21H24FN3O3S. The molecule has 1 aliphatic heterocycles. The van der Waals surface area contributed by atoms with Crippen molar-refractivity contribution in [2.75, 3.05) is 32.7 Å². The first-order valence-electron chi connectivity index (χ1n) is 9.39. The molecule has 6 nitrogen and oxygen atoms in total. The summed E-state index contributed by atoms with van der Waals surface area (Å²) in [7, 11) is -3.49. The van der Waals surface area contributed by atoms with Crippen LogP contribution in [0.1, 0.15) is 11.1 Å². The smallest absolute Gasteiger partial charge is 0.236 e. The van der Waals surface area contributed by atoms with Crippen LogP contribution in [0.5, 0.6) is 0 Å². The van der Waals surface area contributed by atoms with Crippen LogP contribution >= 0.6 is 0 Å². The minimum atomic E-state index is -3.49. The second kappa shape index (κ2) is 9.78. The van der Waals surface area contributed by atoms with Gasteiger partial charge in [-0.15, -0.1) is 0 Å². The lowest BCUT2D eigenvalue weighted by atomic mass is 10.2. The zero-order chi connectivity index (χ0) is 20.7. The third kappa shape index (κ3) is 6.49. The van der Waals surface area contributed by atoms with Crippen LogP contribution in [0.2, 0.25) is 0 Å². The third-order valence-electron chi connectivity index (χ3n) is 4.69. The van der Waals surface area contributed by atoms with Crippen LogP contribution in [-0.2, 0) is 21.4 Å². The van der Waals surface area contributed by atoms with E-state index < -0.39 is 10.0 Å². The summed E-state index contributed by atoms with van der Waals surface area (Å²) in [5, 5.41) is 4.03. The molecular weight excluding hydrogens is 393 g/mol. The predicted molar refractivity (Wildman–Crippen MR) is 111 cm³/mol. The maximum atomic E-state index is 12.9. The quantitative estimate of drug-likeness (QED) is 0.749. The second-order valence-corrected chi connectivity index (χ2v) is 8.66. The van der Waals surface area contributed by atoms with Crippen molar-refractivity contribution in [2.24, 2.45) is 0 Å². The summed E-state index contributed by atoms with van der Waals surface area (Å²) in [6.07, 6.45) is 1.59. The molecule has 0 saturated carbocycles. The number of rotatable bonds is 7. The number of benzene rings is 2. The standard InChI is InChI=1S/C21H24FN3O3S/c22-20-8-6-19(7-9-20)16-23-21(26)17-24-11-13-25(14-12-24)29(27,28)15-10-18-4-2-1-3-5-18/h1-10,15H,11-14,16-17H2,(H,23,26). The van der Waals surface area contributed by atoms with Gasteiger partial charge in [0.25, 0.3) is 0 Å². The highest BCUT2D eigenvalue weighted by atomic mass is 32.2. The highest BCUT2D eigenvalue weighted by molar-refractivity contribution is 7.92. The number of amides is 1. The molecule has 2 aromatic rings. The summed E-state index contributed by atoms with van der Waals surface area (Å²) < 4.78 is 39.3. The minimum absolute atomic E-state index is 0.144. The van der Waals surface area contributed by atoms with E-state index in [2.05, 4.69) is 5.32 Å². The Hall–Kier alpha value is -2.55. The zero-order valence-corrected chi connectivity index (χ0v) is 16.8. The second-order valence-electron chi connectivity index (χ2n) is 6.84. The third-order valence-corrected chi connectivity index (χ3v) is 6.26. The summed E-state index contributed by atoms with van der Waals surface area (Å²) in [6.45, 7) is 2.19. The van der Waals surface area contributed by atoms with Crippen LogP contribution in [0.15, 0.2) is 60.0 Å². The van der Waals surface area contributed by atoms with E-state index in [0.717, 1.165) is 11.1 Å². The fourth-order valence-electron chi connectivity index (χ4n) is 3.02. The van der Waals surface area contributed by atoms with Gasteiger partial charge in [-0.05, 0) is 29.3 Å². The first kappa shape index (κ1) is 21.2. The van der Waals surface area contributed by atoms with Gasteiger partial charge in [0.05, 0.1) is 6.54 Å². The Morgan fingerprint density at radius 3 is 2.31 bits per heavy atom. The highest BCUT2D eigenvalue weighted by Crippen LogP contribution is 2.11. The van der Waals surface area contributed by atoms with Crippen LogP contribution in [-0.4, -0.2) is 56.3 Å². The highest BCUT2D eigenvalue weighted by Gasteiger charge is 2.25. The molecule has 1 amide bonds. The molecule has 1 aliphatic rings.